The Morgan fingerprint density at radius 2 is 2.10 bits per heavy atom. The number of rotatable bonds is 7. The topological polar surface area (TPSA) is 92.7 Å². The van der Waals surface area contributed by atoms with Gasteiger partial charge in [0.05, 0.1) is 12.7 Å². The molecule has 1 aromatic rings. The molecule has 0 aliphatic rings. The van der Waals surface area contributed by atoms with E-state index in [1.54, 1.807) is 0 Å². The summed E-state index contributed by atoms with van der Waals surface area (Å²) in [5, 5.41) is 8.94. The molecule has 0 aromatic heterocycles. The van der Waals surface area contributed by atoms with Crippen LogP contribution in [-0.4, -0.2) is 33.1 Å². The summed E-state index contributed by atoms with van der Waals surface area (Å²) in [5.41, 5.74) is -0.102. The fourth-order valence-corrected chi connectivity index (χ4v) is 2.85. The number of ether oxygens (including phenoxy) is 1. The van der Waals surface area contributed by atoms with Crippen molar-refractivity contribution < 1.29 is 23.1 Å². The van der Waals surface area contributed by atoms with Crippen LogP contribution in [0.1, 0.15) is 30.6 Å². The predicted molar refractivity (Wildman–Crippen MR) is 74.6 cm³/mol. The van der Waals surface area contributed by atoms with Crippen LogP contribution < -0.4 is 9.46 Å². The third-order valence-electron chi connectivity index (χ3n) is 3.02. The zero-order chi connectivity index (χ0) is 15.3. The Balaban J connectivity index is 3.14. The molecule has 1 aromatic carbocycles. The summed E-state index contributed by atoms with van der Waals surface area (Å²) in [5.74, 6) is -0.879. The number of benzene rings is 1. The van der Waals surface area contributed by atoms with E-state index >= 15 is 0 Å². The maximum atomic E-state index is 12.2. The van der Waals surface area contributed by atoms with Crippen molar-refractivity contribution in [2.45, 2.75) is 25.2 Å². The van der Waals surface area contributed by atoms with Gasteiger partial charge < -0.3 is 9.84 Å². The normalized spacial score (nSPS) is 12.9. The Bertz CT molecular complexity index is 582. The minimum atomic E-state index is -3.80. The summed E-state index contributed by atoms with van der Waals surface area (Å²) in [7, 11) is -2.47. The maximum absolute atomic E-state index is 12.2. The lowest BCUT2D eigenvalue weighted by Crippen LogP contribution is -2.28. The van der Waals surface area contributed by atoms with Crippen molar-refractivity contribution in [2.75, 3.05) is 13.7 Å². The molecule has 112 valence electrons. The molecular weight excluding hydrogens is 282 g/mol. The van der Waals surface area contributed by atoms with Crippen LogP contribution in [0.5, 0.6) is 5.75 Å². The van der Waals surface area contributed by atoms with Crippen LogP contribution in [0, 0.1) is 5.92 Å². The monoisotopic (exact) mass is 301 g/mol. The Hall–Kier alpha value is -1.60. The first-order chi connectivity index (χ1) is 9.31. The molecule has 20 heavy (non-hydrogen) atoms. The maximum Gasteiger partial charge on any atom is 0.335 e. The Labute approximate surface area is 118 Å². The van der Waals surface area contributed by atoms with Crippen LogP contribution in [0.15, 0.2) is 23.1 Å². The van der Waals surface area contributed by atoms with Gasteiger partial charge in [0.1, 0.15) is 10.6 Å². The van der Waals surface area contributed by atoms with Gasteiger partial charge >= 0.3 is 5.97 Å². The van der Waals surface area contributed by atoms with Crippen molar-refractivity contribution in [3.05, 3.63) is 23.8 Å². The van der Waals surface area contributed by atoms with E-state index in [4.69, 9.17) is 9.84 Å². The molecule has 0 bridgehead atoms. The lowest BCUT2D eigenvalue weighted by atomic mass is 10.1. The standard InChI is InChI=1S/C13H19NO5S/c1-4-9(2)8-14-20(17,18)12-7-10(13(15)16)5-6-11(12)19-3/h5-7,9,14H,4,8H2,1-3H3,(H,15,16). The van der Waals surface area contributed by atoms with E-state index < -0.39 is 16.0 Å². The lowest BCUT2D eigenvalue weighted by Gasteiger charge is -2.13. The highest BCUT2D eigenvalue weighted by molar-refractivity contribution is 7.89. The third kappa shape index (κ3) is 3.94. The molecule has 1 rings (SSSR count). The highest BCUT2D eigenvalue weighted by Gasteiger charge is 2.21. The van der Waals surface area contributed by atoms with Gasteiger partial charge in [0.25, 0.3) is 0 Å². The highest BCUT2D eigenvalue weighted by Crippen LogP contribution is 2.25. The first-order valence-corrected chi connectivity index (χ1v) is 7.71. The van der Waals surface area contributed by atoms with Gasteiger partial charge in [-0.15, -0.1) is 0 Å². The van der Waals surface area contributed by atoms with E-state index in [-0.39, 0.29) is 22.1 Å². The molecule has 0 saturated heterocycles. The second-order valence-electron chi connectivity index (χ2n) is 4.54. The number of carboxylic acid groups (broad SMARTS) is 1. The largest absolute Gasteiger partial charge is 0.495 e. The van der Waals surface area contributed by atoms with Crippen molar-refractivity contribution in [3.8, 4) is 5.75 Å². The van der Waals surface area contributed by atoms with Gasteiger partial charge in [-0.1, -0.05) is 20.3 Å². The quantitative estimate of drug-likeness (QED) is 0.800. The van der Waals surface area contributed by atoms with E-state index in [9.17, 15) is 13.2 Å². The number of aromatic carboxylic acids is 1. The van der Waals surface area contributed by atoms with Crippen LogP contribution in [0.4, 0.5) is 0 Å². The number of hydrogen-bond acceptors (Lipinski definition) is 4. The fourth-order valence-electron chi connectivity index (χ4n) is 1.49. The zero-order valence-corrected chi connectivity index (χ0v) is 12.5. The van der Waals surface area contributed by atoms with E-state index in [1.165, 1.54) is 19.2 Å². The molecule has 0 spiro atoms. The molecule has 7 heteroatoms. The highest BCUT2D eigenvalue weighted by atomic mass is 32.2. The smallest absolute Gasteiger partial charge is 0.335 e. The average Bonchev–Trinajstić information content (AvgIpc) is 2.43. The van der Waals surface area contributed by atoms with Crippen molar-refractivity contribution in [2.24, 2.45) is 5.92 Å². The Kier molecular flexibility index (Phi) is 5.52. The molecule has 2 N–H and O–H groups in total. The van der Waals surface area contributed by atoms with Crippen LogP contribution in [-0.2, 0) is 10.0 Å². The second kappa shape index (κ2) is 6.71. The minimum absolute atomic E-state index is 0.102. The molecule has 1 unspecified atom stereocenters. The average molecular weight is 301 g/mol. The van der Waals surface area contributed by atoms with E-state index in [0.717, 1.165) is 12.5 Å². The Morgan fingerprint density at radius 1 is 1.45 bits per heavy atom. The van der Waals surface area contributed by atoms with Crippen LogP contribution in [0.3, 0.4) is 0 Å². The van der Waals surface area contributed by atoms with Crippen LogP contribution in [0.2, 0.25) is 0 Å². The van der Waals surface area contributed by atoms with Crippen LogP contribution >= 0.6 is 0 Å². The summed E-state index contributed by atoms with van der Waals surface area (Å²) in [6.07, 6.45) is 0.842. The van der Waals surface area contributed by atoms with E-state index in [1.807, 2.05) is 13.8 Å². The van der Waals surface area contributed by atoms with Gasteiger partial charge in [0.15, 0.2) is 0 Å². The molecule has 0 aliphatic carbocycles. The minimum Gasteiger partial charge on any atom is -0.495 e. The molecule has 0 aliphatic heterocycles. The number of hydrogen-bond donors (Lipinski definition) is 2. The lowest BCUT2D eigenvalue weighted by molar-refractivity contribution is 0.0696. The van der Waals surface area contributed by atoms with Crippen molar-refractivity contribution >= 4 is 16.0 Å². The number of nitrogens with one attached hydrogen (secondary N) is 1. The number of carboxylic acids is 1. The molecule has 1 atom stereocenters. The van der Waals surface area contributed by atoms with Gasteiger partial charge in [-0.2, -0.15) is 0 Å². The number of carbonyl (C=O) groups is 1. The molecular formula is C13H19NO5S. The summed E-state index contributed by atoms with van der Waals surface area (Å²) < 4.78 is 31.9. The van der Waals surface area contributed by atoms with Gasteiger partial charge in [0, 0.05) is 6.54 Å². The predicted octanol–water partition coefficient (Wildman–Crippen LogP) is 1.72. The number of methoxy groups -OCH3 is 1. The fraction of sp³-hybridized carbons (Fsp3) is 0.462. The first-order valence-electron chi connectivity index (χ1n) is 6.22. The first kappa shape index (κ1) is 16.5. The SMILES string of the molecule is CCC(C)CNS(=O)(=O)c1cc(C(=O)O)ccc1OC. The molecule has 6 nitrogen and oxygen atoms in total. The van der Waals surface area contributed by atoms with E-state index in [2.05, 4.69) is 4.72 Å². The summed E-state index contributed by atoms with van der Waals surface area (Å²) in [4.78, 5) is 10.8. The molecule has 0 radical (unpaired) electrons. The summed E-state index contributed by atoms with van der Waals surface area (Å²) in [6.45, 7) is 4.18. The molecule has 0 heterocycles. The molecule has 0 amide bonds. The van der Waals surface area contributed by atoms with Gasteiger partial charge in [0.2, 0.25) is 10.0 Å². The van der Waals surface area contributed by atoms with Gasteiger partial charge in [-0.25, -0.2) is 17.9 Å². The zero-order valence-electron chi connectivity index (χ0n) is 11.7. The van der Waals surface area contributed by atoms with Crippen molar-refractivity contribution in [1.29, 1.82) is 0 Å². The Morgan fingerprint density at radius 3 is 2.60 bits per heavy atom. The van der Waals surface area contributed by atoms with Crippen molar-refractivity contribution in [1.82, 2.24) is 4.72 Å². The third-order valence-corrected chi connectivity index (χ3v) is 4.46. The van der Waals surface area contributed by atoms with Gasteiger partial charge in [-0.05, 0) is 24.1 Å². The number of sulfonamides is 1. The van der Waals surface area contributed by atoms with Crippen molar-refractivity contribution in [3.63, 3.8) is 0 Å². The summed E-state index contributed by atoms with van der Waals surface area (Å²) >= 11 is 0. The van der Waals surface area contributed by atoms with Gasteiger partial charge in [-0.3, -0.25) is 0 Å². The molecule has 0 fully saturated rings. The second-order valence-corrected chi connectivity index (χ2v) is 6.27. The summed E-state index contributed by atoms with van der Waals surface area (Å²) in [6, 6.07) is 3.73. The van der Waals surface area contributed by atoms with Crippen LogP contribution in [0.25, 0.3) is 0 Å². The van der Waals surface area contributed by atoms with E-state index in [0.29, 0.717) is 6.54 Å². The molecule has 0 saturated carbocycles.